The second kappa shape index (κ2) is 10.4. The summed E-state index contributed by atoms with van der Waals surface area (Å²) in [5.41, 5.74) is 6.34. The smallest absolute Gasteiger partial charge is 0.503 e. The van der Waals surface area contributed by atoms with Crippen LogP contribution in [-0.4, -0.2) is 23.9 Å². The summed E-state index contributed by atoms with van der Waals surface area (Å²) >= 11 is 0. The van der Waals surface area contributed by atoms with E-state index in [0.717, 1.165) is 66.3 Å². The molecular weight excluding hydrogens is 637 g/mol. The van der Waals surface area contributed by atoms with Crippen LogP contribution in [0.15, 0.2) is 128 Å². The molecule has 7 heteroatoms. The van der Waals surface area contributed by atoms with E-state index in [1.165, 1.54) is 0 Å². The van der Waals surface area contributed by atoms with E-state index in [2.05, 4.69) is 65.2 Å². The molecule has 5 heterocycles. The van der Waals surface area contributed by atoms with Crippen molar-refractivity contribution in [2.24, 2.45) is 0 Å². The van der Waals surface area contributed by atoms with Crippen LogP contribution in [0.5, 0.6) is 11.5 Å². The van der Waals surface area contributed by atoms with Gasteiger partial charge in [-0.3, -0.25) is 4.98 Å². The van der Waals surface area contributed by atoms with Gasteiger partial charge < -0.3 is 13.7 Å². The van der Waals surface area contributed by atoms with E-state index in [0.29, 0.717) is 11.5 Å². The van der Waals surface area contributed by atoms with E-state index in [-0.39, 0.29) is 20.4 Å². The van der Waals surface area contributed by atoms with Crippen LogP contribution in [0.1, 0.15) is 0 Å². The molecule has 9 rings (SSSR count). The largest absolute Gasteiger partial charge is 2.00 e. The predicted octanol–water partition coefficient (Wildman–Crippen LogP) is 8.58. The predicted molar refractivity (Wildman–Crippen MR) is 170 cm³/mol. The normalized spacial score (nSPS) is 11.5. The molecule has 0 spiro atoms. The van der Waals surface area contributed by atoms with Gasteiger partial charge in [0.25, 0.3) is 0 Å². The first-order chi connectivity index (χ1) is 21.3. The van der Waals surface area contributed by atoms with Crippen LogP contribution >= 0.6 is 0 Å². The third-order valence-corrected chi connectivity index (χ3v) is 7.87. The van der Waals surface area contributed by atoms with Gasteiger partial charge in [-0.2, -0.15) is 6.07 Å². The van der Waals surface area contributed by atoms with Gasteiger partial charge in [0.1, 0.15) is 11.3 Å². The number of imidazole rings is 1. The number of para-hydroxylation sites is 1. The van der Waals surface area contributed by atoms with Crippen molar-refractivity contribution >= 4 is 49.4 Å². The van der Waals surface area contributed by atoms with Crippen LogP contribution in [0.2, 0.25) is 0 Å². The zero-order valence-electron chi connectivity index (χ0n) is 23.1. The Balaban J connectivity index is 0.00000289. The third-order valence-electron chi connectivity index (χ3n) is 7.87. The van der Waals surface area contributed by atoms with Crippen LogP contribution in [0.4, 0.5) is 0 Å². The van der Waals surface area contributed by atoms with Gasteiger partial charge in [0, 0.05) is 46.4 Å². The molecular formula is C37H21N5OPd. The van der Waals surface area contributed by atoms with Crippen LogP contribution in [-0.2, 0) is 20.4 Å². The van der Waals surface area contributed by atoms with Gasteiger partial charge in [0.15, 0.2) is 0 Å². The van der Waals surface area contributed by atoms with Gasteiger partial charge in [0.05, 0.1) is 16.9 Å². The summed E-state index contributed by atoms with van der Waals surface area (Å²) in [6, 6.07) is 43.5. The fraction of sp³-hybridized carbons (Fsp3) is 0. The van der Waals surface area contributed by atoms with E-state index in [9.17, 15) is 0 Å². The number of ether oxygens (including phenoxy) is 1. The molecule has 0 radical (unpaired) electrons. The van der Waals surface area contributed by atoms with E-state index in [4.69, 9.17) is 19.7 Å². The van der Waals surface area contributed by atoms with Crippen molar-refractivity contribution in [3.8, 4) is 28.4 Å². The van der Waals surface area contributed by atoms with E-state index >= 15 is 0 Å². The number of hydrogen-bond donors (Lipinski definition) is 0. The van der Waals surface area contributed by atoms with Crippen LogP contribution in [0.25, 0.3) is 66.3 Å². The van der Waals surface area contributed by atoms with Gasteiger partial charge >= 0.3 is 20.4 Å². The van der Waals surface area contributed by atoms with Gasteiger partial charge in [-0.15, -0.1) is 30.3 Å². The van der Waals surface area contributed by atoms with Crippen molar-refractivity contribution in [1.29, 1.82) is 0 Å². The Morgan fingerprint density at radius 2 is 1.30 bits per heavy atom. The monoisotopic (exact) mass is 657 g/mol. The number of nitrogens with zero attached hydrogens (tertiary/aromatic N) is 5. The summed E-state index contributed by atoms with van der Waals surface area (Å²) < 4.78 is 10.6. The SMILES string of the molecule is [Pd+2].[c-]1c(Oc2[c-]c3c(cc2)c2cccnc2n2cc(-c4ccccc4)nc32)cccc1-n1c2ccccc2c2cccnc21. The summed E-state index contributed by atoms with van der Waals surface area (Å²) in [6.45, 7) is 0. The Morgan fingerprint density at radius 3 is 2.16 bits per heavy atom. The molecule has 0 saturated heterocycles. The number of pyridine rings is 3. The molecule has 0 saturated carbocycles. The molecule has 0 fully saturated rings. The Morgan fingerprint density at radius 1 is 0.568 bits per heavy atom. The van der Waals surface area contributed by atoms with Crippen LogP contribution in [0, 0.1) is 12.1 Å². The molecule has 0 aliphatic rings. The molecule has 0 atom stereocenters. The van der Waals surface area contributed by atoms with E-state index in [1.807, 2.05) is 83.7 Å². The fourth-order valence-corrected chi connectivity index (χ4v) is 5.98. The minimum Gasteiger partial charge on any atom is -0.503 e. The first-order valence-corrected chi connectivity index (χ1v) is 14.0. The Bertz CT molecular complexity index is 2450. The Hall–Kier alpha value is -5.35. The van der Waals surface area contributed by atoms with Crippen LogP contribution < -0.4 is 4.74 Å². The molecule has 9 aromatic rings. The first-order valence-electron chi connectivity index (χ1n) is 14.0. The number of benzene rings is 4. The van der Waals surface area contributed by atoms with E-state index in [1.54, 1.807) is 0 Å². The quantitative estimate of drug-likeness (QED) is 0.108. The van der Waals surface area contributed by atoms with Crippen molar-refractivity contribution in [2.75, 3.05) is 0 Å². The second-order valence-electron chi connectivity index (χ2n) is 10.4. The second-order valence-corrected chi connectivity index (χ2v) is 10.4. The molecule has 0 aliphatic heterocycles. The molecule has 0 aliphatic carbocycles. The first kappa shape index (κ1) is 26.3. The van der Waals surface area contributed by atoms with E-state index < -0.39 is 0 Å². The molecule has 0 N–H and O–H groups in total. The van der Waals surface area contributed by atoms with Crippen molar-refractivity contribution in [1.82, 2.24) is 23.9 Å². The maximum atomic E-state index is 6.40. The van der Waals surface area contributed by atoms with Crippen molar-refractivity contribution in [2.45, 2.75) is 0 Å². The zero-order valence-corrected chi connectivity index (χ0v) is 24.6. The average Bonchev–Trinajstić information content (AvgIpc) is 3.66. The van der Waals surface area contributed by atoms with Gasteiger partial charge in [0.2, 0.25) is 0 Å². The topological polar surface area (TPSA) is 57.2 Å². The van der Waals surface area contributed by atoms with Gasteiger partial charge in [-0.05, 0) is 29.7 Å². The average molecular weight is 658 g/mol. The number of rotatable bonds is 4. The van der Waals surface area contributed by atoms with Crippen molar-refractivity contribution in [3.05, 3.63) is 140 Å². The molecule has 4 aromatic carbocycles. The molecule has 210 valence electrons. The molecule has 0 amide bonds. The summed E-state index contributed by atoms with van der Waals surface area (Å²) in [4.78, 5) is 14.4. The molecule has 6 nitrogen and oxygen atoms in total. The summed E-state index contributed by atoms with van der Waals surface area (Å²) in [5, 5.41) is 5.15. The number of fused-ring (bicyclic) bond motifs is 9. The molecule has 0 unspecified atom stereocenters. The summed E-state index contributed by atoms with van der Waals surface area (Å²) in [6.07, 6.45) is 5.67. The van der Waals surface area contributed by atoms with Gasteiger partial charge in [-0.1, -0.05) is 77.1 Å². The minimum absolute atomic E-state index is 0. The molecule has 0 bridgehead atoms. The number of hydrogen-bond acceptors (Lipinski definition) is 4. The summed E-state index contributed by atoms with van der Waals surface area (Å²) in [5.74, 6) is 1.16. The standard InChI is InChI=1S/C37H21N5O.Pd/c1-2-9-24(10-3-1)33-23-41-35-30(14-7-19-38-35)28-18-17-27(22-32(28)37(41)40-33)43-26-12-6-11-25(21-26)42-34-16-5-4-13-29(34)31-15-8-20-39-36(31)42;/h1-20,23H;/q-2;+2. The van der Waals surface area contributed by atoms with Gasteiger partial charge in [-0.25, -0.2) is 9.97 Å². The summed E-state index contributed by atoms with van der Waals surface area (Å²) in [7, 11) is 0. The molecule has 5 aromatic heterocycles. The third kappa shape index (κ3) is 4.10. The molecule has 44 heavy (non-hydrogen) atoms. The Labute approximate surface area is 265 Å². The fourth-order valence-electron chi connectivity index (χ4n) is 5.98. The minimum atomic E-state index is 0. The zero-order chi connectivity index (χ0) is 28.3. The van der Waals surface area contributed by atoms with Crippen LogP contribution in [0.3, 0.4) is 0 Å². The maximum Gasteiger partial charge on any atom is 2.00 e. The number of aromatic nitrogens is 5. The van der Waals surface area contributed by atoms with Crippen molar-refractivity contribution < 1.29 is 25.2 Å². The maximum absolute atomic E-state index is 6.40. The Kier molecular flexibility index (Phi) is 6.23. The van der Waals surface area contributed by atoms with Crippen molar-refractivity contribution in [3.63, 3.8) is 0 Å².